The summed E-state index contributed by atoms with van der Waals surface area (Å²) in [4.78, 5) is 1.12. The molecule has 0 aliphatic carbocycles. The number of anilines is 1. The SMILES string of the molecule is Cc1cc(O)ccc1NCc1cc(C#N)cs1. The van der Waals surface area contributed by atoms with E-state index in [1.165, 1.54) is 0 Å². The highest BCUT2D eigenvalue weighted by Crippen LogP contribution is 2.22. The third kappa shape index (κ3) is 2.77. The van der Waals surface area contributed by atoms with Crippen LogP contribution in [0.25, 0.3) is 0 Å². The number of nitrogens with zero attached hydrogens (tertiary/aromatic N) is 1. The van der Waals surface area contributed by atoms with Gasteiger partial charge in [0.05, 0.1) is 5.56 Å². The first-order valence-electron chi connectivity index (χ1n) is 5.20. The fourth-order valence-corrected chi connectivity index (χ4v) is 2.31. The Morgan fingerprint density at radius 1 is 1.41 bits per heavy atom. The second kappa shape index (κ2) is 4.89. The number of aromatic hydroxyl groups is 1. The van der Waals surface area contributed by atoms with Gasteiger partial charge in [0.15, 0.2) is 0 Å². The first kappa shape index (κ1) is 11.5. The molecule has 4 heteroatoms. The van der Waals surface area contributed by atoms with Gasteiger partial charge in [0.1, 0.15) is 11.8 Å². The number of rotatable bonds is 3. The molecule has 1 heterocycles. The zero-order chi connectivity index (χ0) is 12.3. The molecular weight excluding hydrogens is 232 g/mol. The molecule has 0 unspecified atom stereocenters. The fraction of sp³-hybridized carbons (Fsp3) is 0.154. The van der Waals surface area contributed by atoms with Gasteiger partial charge in [0.2, 0.25) is 0 Å². The second-order valence-electron chi connectivity index (χ2n) is 3.77. The zero-order valence-corrected chi connectivity index (χ0v) is 10.2. The van der Waals surface area contributed by atoms with Crippen molar-refractivity contribution in [1.82, 2.24) is 0 Å². The first-order valence-corrected chi connectivity index (χ1v) is 6.08. The van der Waals surface area contributed by atoms with Crippen molar-refractivity contribution < 1.29 is 5.11 Å². The normalized spacial score (nSPS) is 9.88. The maximum atomic E-state index is 9.30. The minimum absolute atomic E-state index is 0.274. The molecule has 0 atom stereocenters. The summed E-state index contributed by atoms with van der Waals surface area (Å²) in [6.45, 7) is 2.63. The third-order valence-corrected chi connectivity index (χ3v) is 3.38. The lowest BCUT2D eigenvalue weighted by Gasteiger charge is -2.08. The highest BCUT2D eigenvalue weighted by molar-refractivity contribution is 7.10. The van der Waals surface area contributed by atoms with Crippen molar-refractivity contribution >= 4 is 17.0 Å². The van der Waals surface area contributed by atoms with E-state index in [0.717, 1.165) is 16.1 Å². The third-order valence-electron chi connectivity index (χ3n) is 2.45. The quantitative estimate of drug-likeness (QED) is 0.815. The first-order chi connectivity index (χ1) is 8.19. The number of nitriles is 1. The average Bonchev–Trinajstić information content (AvgIpc) is 2.76. The van der Waals surface area contributed by atoms with E-state index < -0.39 is 0 Å². The molecule has 1 aromatic carbocycles. The number of aryl methyl sites for hydroxylation is 1. The van der Waals surface area contributed by atoms with E-state index in [0.29, 0.717) is 12.1 Å². The largest absolute Gasteiger partial charge is 0.508 e. The molecule has 0 fully saturated rings. The number of phenolic OH excluding ortho intramolecular Hbond substituents is 1. The Morgan fingerprint density at radius 2 is 2.24 bits per heavy atom. The summed E-state index contributed by atoms with van der Waals surface area (Å²) >= 11 is 1.57. The van der Waals surface area contributed by atoms with Gasteiger partial charge in [-0.05, 0) is 36.8 Å². The Kier molecular flexibility index (Phi) is 3.31. The van der Waals surface area contributed by atoms with Gasteiger partial charge in [-0.15, -0.1) is 11.3 Å². The topological polar surface area (TPSA) is 56.0 Å². The van der Waals surface area contributed by atoms with Crippen LogP contribution in [0.3, 0.4) is 0 Å². The van der Waals surface area contributed by atoms with Crippen LogP contribution in [0.15, 0.2) is 29.6 Å². The summed E-state index contributed by atoms with van der Waals surface area (Å²) in [5.41, 5.74) is 2.70. The predicted molar refractivity (Wildman–Crippen MR) is 69.2 cm³/mol. The molecule has 0 bridgehead atoms. The van der Waals surface area contributed by atoms with Crippen LogP contribution in [0.2, 0.25) is 0 Å². The van der Waals surface area contributed by atoms with Gasteiger partial charge in [0.25, 0.3) is 0 Å². The molecule has 86 valence electrons. The van der Waals surface area contributed by atoms with Crippen molar-refractivity contribution in [2.75, 3.05) is 5.32 Å². The fourth-order valence-electron chi connectivity index (χ4n) is 1.56. The van der Waals surface area contributed by atoms with Crippen molar-refractivity contribution in [2.45, 2.75) is 13.5 Å². The van der Waals surface area contributed by atoms with Gasteiger partial charge in [-0.2, -0.15) is 5.26 Å². The van der Waals surface area contributed by atoms with E-state index in [4.69, 9.17) is 5.26 Å². The Balaban J connectivity index is 2.05. The van der Waals surface area contributed by atoms with Gasteiger partial charge in [-0.25, -0.2) is 0 Å². The van der Waals surface area contributed by atoms with Crippen molar-refractivity contribution in [2.24, 2.45) is 0 Å². The van der Waals surface area contributed by atoms with E-state index in [-0.39, 0.29) is 5.75 Å². The minimum Gasteiger partial charge on any atom is -0.508 e. The van der Waals surface area contributed by atoms with Crippen molar-refractivity contribution in [3.63, 3.8) is 0 Å². The minimum atomic E-state index is 0.274. The van der Waals surface area contributed by atoms with Crippen LogP contribution in [0.5, 0.6) is 5.75 Å². The number of nitrogens with one attached hydrogen (secondary N) is 1. The Morgan fingerprint density at radius 3 is 2.88 bits per heavy atom. The average molecular weight is 244 g/mol. The molecule has 2 N–H and O–H groups in total. The van der Waals surface area contributed by atoms with Crippen molar-refractivity contribution in [3.05, 3.63) is 45.6 Å². The number of hydrogen-bond donors (Lipinski definition) is 2. The summed E-state index contributed by atoms with van der Waals surface area (Å²) in [5, 5.41) is 23.1. The number of hydrogen-bond acceptors (Lipinski definition) is 4. The van der Waals surface area contributed by atoms with Crippen LogP contribution < -0.4 is 5.32 Å². The molecule has 1 aromatic heterocycles. The van der Waals surface area contributed by atoms with Gasteiger partial charge in [-0.1, -0.05) is 0 Å². The molecular formula is C13H12N2OS. The Labute approximate surface area is 104 Å². The lowest BCUT2D eigenvalue weighted by atomic mass is 10.2. The number of phenols is 1. The van der Waals surface area contributed by atoms with Gasteiger partial charge >= 0.3 is 0 Å². The van der Waals surface area contributed by atoms with Crippen molar-refractivity contribution in [1.29, 1.82) is 5.26 Å². The van der Waals surface area contributed by atoms with Crippen LogP contribution >= 0.6 is 11.3 Å². The molecule has 17 heavy (non-hydrogen) atoms. The molecule has 2 rings (SSSR count). The molecule has 2 aromatic rings. The lowest BCUT2D eigenvalue weighted by Crippen LogP contribution is -1.98. The molecule has 0 aliphatic heterocycles. The molecule has 0 spiro atoms. The zero-order valence-electron chi connectivity index (χ0n) is 9.40. The summed E-state index contributed by atoms with van der Waals surface area (Å²) in [5.74, 6) is 0.274. The lowest BCUT2D eigenvalue weighted by molar-refractivity contribution is 0.475. The maximum absolute atomic E-state index is 9.30. The molecule has 0 saturated heterocycles. The Hall–Kier alpha value is -1.99. The molecule has 3 nitrogen and oxygen atoms in total. The van der Waals surface area contributed by atoms with E-state index >= 15 is 0 Å². The summed E-state index contributed by atoms with van der Waals surface area (Å²) < 4.78 is 0. The van der Waals surface area contributed by atoms with E-state index in [9.17, 15) is 5.11 Å². The van der Waals surface area contributed by atoms with Crippen LogP contribution in [0.4, 0.5) is 5.69 Å². The maximum Gasteiger partial charge on any atom is 0.115 e. The van der Waals surface area contributed by atoms with E-state index in [1.807, 2.05) is 24.4 Å². The van der Waals surface area contributed by atoms with Crippen LogP contribution in [-0.2, 0) is 6.54 Å². The standard InChI is InChI=1S/C13H12N2OS/c1-9-4-11(16)2-3-13(9)15-7-12-5-10(6-14)8-17-12/h2-5,8,15-16H,7H2,1H3. The van der Waals surface area contributed by atoms with Gasteiger partial charge in [-0.3, -0.25) is 0 Å². The highest BCUT2D eigenvalue weighted by atomic mass is 32.1. The summed E-state index contributed by atoms with van der Waals surface area (Å²) in [6, 6.07) is 9.22. The van der Waals surface area contributed by atoms with E-state index in [2.05, 4.69) is 11.4 Å². The summed E-state index contributed by atoms with van der Waals surface area (Å²) in [7, 11) is 0. The van der Waals surface area contributed by atoms with Crippen molar-refractivity contribution in [3.8, 4) is 11.8 Å². The molecule has 0 saturated carbocycles. The Bertz CT molecular complexity index is 569. The summed E-state index contributed by atoms with van der Waals surface area (Å²) in [6.07, 6.45) is 0. The van der Waals surface area contributed by atoms with E-state index in [1.54, 1.807) is 23.5 Å². The van der Waals surface area contributed by atoms with Crippen LogP contribution in [0.1, 0.15) is 16.0 Å². The second-order valence-corrected chi connectivity index (χ2v) is 4.76. The number of thiophene rings is 1. The monoisotopic (exact) mass is 244 g/mol. The van der Waals surface area contributed by atoms with Gasteiger partial charge in [0, 0.05) is 22.5 Å². The highest BCUT2D eigenvalue weighted by Gasteiger charge is 2.01. The van der Waals surface area contributed by atoms with Crippen LogP contribution in [0, 0.1) is 18.3 Å². The predicted octanol–water partition coefficient (Wildman–Crippen LogP) is 3.25. The molecule has 0 amide bonds. The molecule has 0 radical (unpaired) electrons. The number of benzene rings is 1. The molecule has 0 aliphatic rings. The van der Waals surface area contributed by atoms with Crippen LogP contribution in [-0.4, -0.2) is 5.11 Å². The van der Waals surface area contributed by atoms with Gasteiger partial charge < -0.3 is 10.4 Å². The smallest absolute Gasteiger partial charge is 0.115 e.